The second-order valence-electron chi connectivity index (χ2n) is 5.10. The zero-order valence-electron chi connectivity index (χ0n) is 11.2. The van der Waals surface area contributed by atoms with Gasteiger partial charge in [-0.2, -0.15) is 0 Å². The fourth-order valence-electron chi connectivity index (χ4n) is 2.54. The summed E-state index contributed by atoms with van der Waals surface area (Å²) in [6.45, 7) is 3.20. The molecular weight excluding hydrogens is 242 g/mol. The van der Waals surface area contributed by atoms with E-state index in [0.29, 0.717) is 6.04 Å². The van der Waals surface area contributed by atoms with Crippen LogP contribution in [0.1, 0.15) is 25.7 Å². The van der Waals surface area contributed by atoms with Gasteiger partial charge in [0.2, 0.25) is 0 Å². The molecule has 4 nitrogen and oxygen atoms in total. The largest absolute Gasteiger partial charge is 0.490 e. The van der Waals surface area contributed by atoms with Crippen molar-refractivity contribution in [3.8, 4) is 11.5 Å². The summed E-state index contributed by atoms with van der Waals surface area (Å²) in [7, 11) is 0. The molecule has 0 aromatic heterocycles. The van der Waals surface area contributed by atoms with E-state index in [1.165, 1.54) is 0 Å². The highest BCUT2D eigenvalue weighted by atomic mass is 16.5. The Bertz CT molecular complexity index is 414. The molecule has 1 saturated heterocycles. The van der Waals surface area contributed by atoms with Crippen molar-refractivity contribution in [3.63, 3.8) is 0 Å². The number of anilines is 1. The number of hydrogen-bond acceptors (Lipinski definition) is 4. The van der Waals surface area contributed by atoms with Gasteiger partial charge in [0.15, 0.2) is 11.5 Å². The Hall–Kier alpha value is -1.42. The topological polar surface area (TPSA) is 39.7 Å². The van der Waals surface area contributed by atoms with Crippen LogP contribution in [0.3, 0.4) is 0 Å². The Balaban J connectivity index is 1.68. The van der Waals surface area contributed by atoms with E-state index in [-0.39, 0.29) is 0 Å². The van der Waals surface area contributed by atoms with E-state index in [2.05, 4.69) is 11.4 Å². The van der Waals surface area contributed by atoms with Gasteiger partial charge >= 0.3 is 0 Å². The molecule has 1 unspecified atom stereocenters. The lowest BCUT2D eigenvalue weighted by Crippen LogP contribution is -2.19. The first kappa shape index (κ1) is 12.6. The Morgan fingerprint density at radius 2 is 1.79 bits per heavy atom. The van der Waals surface area contributed by atoms with Crippen LogP contribution in [-0.2, 0) is 4.74 Å². The van der Waals surface area contributed by atoms with Crippen LogP contribution in [0.15, 0.2) is 18.2 Å². The molecule has 0 radical (unpaired) electrons. The number of benzene rings is 1. The van der Waals surface area contributed by atoms with Gasteiger partial charge in [0.1, 0.15) is 0 Å². The first-order chi connectivity index (χ1) is 9.42. The second-order valence-corrected chi connectivity index (χ2v) is 5.10. The predicted molar refractivity (Wildman–Crippen MR) is 74.1 cm³/mol. The third-order valence-electron chi connectivity index (χ3n) is 3.57. The summed E-state index contributed by atoms with van der Waals surface area (Å²) in [6.07, 6.45) is 4.29. The summed E-state index contributed by atoms with van der Waals surface area (Å²) in [6, 6.07) is 6.61. The van der Waals surface area contributed by atoms with Gasteiger partial charge in [0.25, 0.3) is 0 Å². The maximum atomic E-state index is 5.71. The number of ether oxygens (including phenoxy) is 3. The molecule has 104 valence electrons. The van der Waals surface area contributed by atoms with E-state index in [1.54, 1.807) is 0 Å². The number of fused-ring (bicyclic) bond motifs is 1. The molecule has 1 aromatic carbocycles. The lowest BCUT2D eigenvalue weighted by molar-refractivity contribution is 0.144. The van der Waals surface area contributed by atoms with Crippen LogP contribution < -0.4 is 14.8 Å². The first-order valence-electron chi connectivity index (χ1n) is 7.16. The van der Waals surface area contributed by atoms with Crippen LogP contribution in [0.5, 0.6) is 11.5 Å². The molecule has 19 heavy (non-hydrogen) atoms. The molecule has 1 N–H and O–H groups in total. The van der Waals surface area contributed by atoms with E-state index < -0.39 is 0 Å². The lowest BCUT2D eigenvalue weighted by atomic mass is 10.1. The standard InChI is InChI=1S/C15H21NO3/c1-3-12(6-10-17-7-1)16-13-4-5-14-15(11-13)19-9-2-8-18-14/h4-5,11-12,16H,1-3,6-10H2. The first-order valence-corrected chi connectivity index (χ1v) is 7.16. The molecule has 0 bridgehead atoms. The quantitative estimate of drug-likeness (QED) is 0.890. The minimum atomic E-state index is 0.493. The highest BCUT2D eigenvalue weighted by molar-refractivity contribution is 5.55. The van der Waals surface area contributed by atoms with Gasteiger partial charge in [0, 0.05) is 37.4 Å². The van der Waals surface area contributed by atoms with Gasteiger partial charge in [-0.1, -0.05) is 0 Å². The zero-order chi connectivity index (χ0) is 12.9. The van der Waals surface area contributed by atoms with Crippen molar-refractivity contribution < 1.29 is 14.2 Å². The van der Waals surface area contributed by atoms with Gasteiger partial charge in [0.05, 0.1) is 13.2 Å². The van der Waals surface area contributed by atoms with Crippen molar-refractivity contribution in [2.45, 2.75) is 31.7 Å². The molecule has 1 fully saturated rings. The van der Waals surface area contributed by atoms with Crippen LogP contribution in [0, 0.1) is 0 Å². The van der Waals surface area contributed by atoms with E-state index in [1.807, 2.05) is 12.1 Å². The minimum absolute atomic E-state index is 0.493. The molecule has 3 rings (SSSR count). The molecule has 1 atom stereocenters. The van der Waals surface area contributed by atoms with Crippen LogP contribution >= 0.6 is 0 Å². The lowest BCUT2D eigenvalue weighted by Gasteiger charge is -2.18. The van der Waals surface area contributed by atoms with Crippen LogP contribution in [-0.4, -0.2) is 32.5 Å². The number of nitrogens with one attached hydrogen (secondary N) is 1. The molecule has 0 amide bonds. The van der Waals surface area contributed by atoms with Gasteiger partial charge in [-0.15, -0.1) is 0 Å². The molecule has 0 saturated carbocycles. The van der Waals surface area contributed by atoms with E-state index >= 15 is 0 Å². The molecule has 2 aliphatic rings. The van der Waals surface area contributed by atoms with Crippen molar-refractivity contribution in [2.24, 2.45) is 0 Å². The molecule has 0 spiro atoms. The normalized spacial score (nSPS) is 23.3. The molecule has 4 heteroatoms. The summed E-state index contributed by atoms with van der Waals surface area (Å²) in [5.74, 6) is 1.71. The Labute approximate surface area is 114 Å². The monoisotopic (exact) mass is 263 g/mol. The van der Waals surface area contributed by atoms with Gasteiger partial charge in [-0.25, -0.2) is 0 Å². The Kier molecular flexibility index (Phi) is 4.08. The van der Waals surface area contributed by atoms with Crippen LogP contribution in [0.2, 0.25) is 0 Å². The molecule has 2 heterocycles. The van der Waals surface area contributed by atoms with Crippen molar-refractivity contribution in [1.82, 2.24) is 0 Å². The highest BCUT2D eigenvalue weighted by Gasteiger charge is 2.14. The SMILES string of the molecule is c1cc2c(cc1NC1CCCOCC1)OCCCO2. The maximum Gasteiger partial charge on any atom is 0.163 e. The molecular formula is C15H21NO3. The highest BCUT2D eigenvalue weighted by Crippen LogP contribution is 2.32. The van der Waals surface area contributed by atoms with Crippen LogP contribution in [0.4, 0.5) is 5.69 Å². The summed E-state index contributed by atoms with van der Waals surface area (Å²) in [5.41, 5.74) is 1.11. The minimum Gasteiger partial charge on any atom is -0.490 e. The van der Waals surface area contributed by atoms with E-state index in [0.717, 1.165) is 69.3 Å². The molecule has 0 aliphatic carbocycles. The van der Waals surface area contributed by atoms with Crippen molar-refractivity contribution in [2.75, 3.05) is 31.7 Å². The number of rotatable bonds is 2. The van der Waals surface area contributed by atoms with E-state index in [4.69, 9.17) is 14.2 Å². The molecule has 2 aliphatic heterocycles. The average molecular weight is 263 g/mol. The Morgan fingerprint density at radius 3 is 2.74 bits per heavy atom. The van der Waals surface area contributed by atoms with Crippen LogP contribution in [0.25, 0.3) is 0 Å². The maximum absolute atomic E-state index is 5.71. The fourth-order valence-corrected chi connectivity index (χ4v) is 2.54. The smallest absolute Gasteiger partial charge is 0.163 e. The Morgan fingerprint density at radius 1 is 0.895 bits per heavy atom. The zero-order valence-corrected chi connectivity index (χ0v) is 11.2. The van der Waals surface area contributed by atoms with Crippen molar-refractivity contribution in [3.05, 3.63) is 18.2 Å². The fraction of sp³-hybridized carbons (Fsp3) is 0.600. The predicted octanol–water partition coefficient (Wildman–Crippen LogP) is 2.83. The number of hydrogen-bond donors (Lipinski definition) is 1. The molecule has 1 aromatic rings. The third kappa shape index (κ3) is 3.32. The van der Waals surface area contributed by atoms with Gasteiger partial charge < -0.3 is 19.5 Å². The van der Waals surface area contributed by atoms with Gasteiger partial charge in [-0.3, -0.25) is 0 Å². The summed E-state index contributed by atoms with van der Waals surface area (Å²) >= 11 is 0. The summed E-state index contributed by atoms with van der Waals surface area (Å²) < 4.78 is 16.8. The van der Waals surface area contributed by atoms with E-state index in [9.17, 15) is 0 Å². The summed E-state index contributed by atoms with van der Waals surface area (Å²) in [4.78, 5) is 0. The van der Waals surface area contributed by atoms with Crippen molar-refractivity contribution >= 4 is 5.69 Å². The second kappa shape index (κ2) is 6.15. The summed E-state index contributed by atoms with van der Waals surface area (Å²) in [5, 5.41) is 3.58. The third-order valence-corrected chi connectivity index (χ3v) is 3.57. The van der Waals surface area contributed by atoms with Gasteiger partial charge in [-0.05, 0) is 31.4 Å². The average Bonchev–Trinajstić information content (AvgIpc) is 2.80. The van der Waals surface area contributed by atoms with Crippen molar-refractivity contribution in [1.29, 1.82) is 0 Å².